The molecule has 0 aromatic rings. The molecule has 3 heterocycles. The van der Waals surface area contributed by atoms with Crippen LogP contribution in [0.4, 0.5) is 0 Å². The van der Waals surface area contributed by atoms with Crippen molar-refractivity contribution in [2.75, 3.05) is 6.61 Å². The minimum atomic E-state index is -1.34. The number of nitrogens with one attached hydrogen (secondary N) is 2. The molecule has 3 fully saturated rings. The zero-order valence-corrected chi connectivity index (χ0v) is 29.3. The first-order valence-corrected chi connectivity index (χ1v) is 17.0. The van der Waals surface area contributed by atoms with E-state index in [-0.39, 0.29) is 48.7 Å². The largest absolute Gasteiger partial charge is 0.463 e. The van der Waals surface area contributed by atoms with Gasteiger partial charge < -0.3 is 49.9 Å². The molecule has 2 amide bonds. The summed E-state index contributed by atoms with van der Waals surface area (Å²) in [6.45, 7) is 18.9. The van der Waals surface area contributed by atoms with Crippen LogP contribution in [0.3, 0.4) is 0 Å². The summed E-state index contributed by atoms with van der Waals surface area (Å²) in [6.07, 6.45) is -5.07. The molecule has 266 valence electrons. The third kappa shape index (κ3) is 9.39. The van der Waals surface area contributed by atoms with Crippen LogP contribution in [0, 0.1) is 29.6 Å². The smallest absolute Gasteiger partial charge is 0.302 e. The van der Waals surface area contributed by atoms with Crippen molar-refractivity contribution in [3.8, 4) is 0 Å². The number of hydrogen-bond acceptors (Lipinski definition) is 11. The van der Waals surface area contributed by atoms with Gasteiger partial charge in [-0.25, -0.2) is 0 Å². The van der Waals surface area contributed by atoms with Gasteiger partial charge >= 0.3 is 5.97 Å². The fourth-order valence-corrected chi connectivity index (χ4v) is 6.83. The Bertz CT molecular complexity index is 1010. The van der Waals surface area contributed by atoms with E-state index in [0.29, 0.717) is 18.3 Å². The standard InChI is InChI=1S/C33H59N3O10/c1-11-22-17(6)16(5)18(7)32(43-22)45-29-19(8)27(35-20(9)37)33(44-23(29)12-2)46-30-24(14-41-21(10)38)42-31(26(34)28(30)40)36-25(39)13-15(3)4/h15-19,22-24,26-33,40H,11-14,34H2,1-10H3,(H,35,37)(H,36,39)/t16-,17-,18?,19+,22?,23?,24?,26?,27?,28+,29-,30+,31+,32-,33-/m0/s1. The van der Waals surface area contributed by atoms with Gasteiger partial charge in [-0.05, 0) is 30.6 Å². The molecule has 0 aromatic carbocycles. The van der Waals surface area contributed by atoms with Crippen LogP contribution in [0.1, 0.15) is 88.5 Å². The Morgan fingerprint density at radius 1 is 0.804 bits per heavy atom. The Labute approximate surface area is 274 Å². The number of hydrogen-bond donors (Lipinski definition) is 4. The van der Waals surface area contributed by atoms with Crippen molar-refractivity contribution in [1.82, 2.24) is 10.6 Å². The number of ether oxygens (including phenoxy) is 6. The number of esters is 1. The Morgan fingerprint density at radius 3 is 1.98 bits per heavy atom. The lowest BCUT2D eigenvalue weighted by Crippen LogP contribution is -2.69. The van der Waals surface area contributed by atoms with Crippen molar-refractivity contribution in [3.63, 3.8) is 0 Å². The maximum atomic E-state index is 12.5. The molecule has 0 saturated carbocycles. The van der Waals surface area contributed by atoms with E-state index in [9.17, 15) is 19.5 Å². The minimum Gasteiger partial charge on any atom is -0.463 e. The predicted octanol–water partition coefficient (Wildman–Crippen LogP) is 2.21. The maximum absolute atomic E-state index is 12.5. The highest BCUT2D eigenvalue weighted by Crippen LogP contribution is 2.40. The lowest BCUT2D eigenvalue weighted by Gasteiger charge is -2.51. The molecule has 0 radical (unpaired) electrons. The maximum Gasteiger partial charge on any atom is 0.302 e. The van der Waals surface area contributed by atoms with Crippen molar-refractivity contribution in [2.24, 2.45) is 35.3 Å². The lowest BCUT2D eigenvalue weighted by atomic mass is 9.78. The van der Waals surface area contributed by atoms with E-state index in [1.807, 2.05) is 27.7 Å². The van der Waals surface area contributed by atoms with Crippen LogP contribution in [0.25, 0.3) is 0 Å². The van der Waals surface area contributed by atoms with Crippen LogP contribution in [0.15, 0.2) is 0 Å². The Morgan fingerprint density at radius 2 is 1.41 bits per heavy atom. The second-order valence-corrected chi connectivity index (χ2v) is 13.9. The fraction of sp³-hybridized carbons (Fsp3) is 0.909. The molecule has 0 aliphatic carbocycles. The number of nitrogens with two attached hydrogens (primary N) is 1. The first-order chi connectivity index (χ1) is 21.6. The first kappa shape index (κ1) is 38.6. The van der Waals surface area contributed by atoms with Crippen molar-refractivity contribution >= 4 is 17.8 Å². The number of aliphatic hydroxyl groups excluding tert-OH is 1. The van der Waals surface area contributed by atoms with Gasteiger partial charge in [0.05, 0.1) is 30.4 Å². The molecular formula is C33H59N3O10. The molecule has 5 N–H and O–H groups in total. The topological polar surface area (TPSA) is 177 Å². The molecule has 0 bridgehead atoms. The number of carbonyl (C=O) groups excluding carboxylic acids is 3. The molecule has 3 saturated heterocycles. The molecule has 13 heteroatoms. The summed E-state index contributed by atoms with van der Waals surface area (Å²) in [4.78, 5) is 36.7. The summed E-state index contributed by atoms with van der Waals surface area (Å²) in [7, 11) is 0. The molecule has 0 aromatic heterocycles. The predicted molar refractivity (Wildman–Crippen MR) is 169 cm³/mol. The summed E-state index contributed by atoms with van der Waals surface area (Å²) in [5.74, 6) is -0.399. The van der Waals surface area contributed by atoms with Crippen LogP contribution < -0.4 is 16.4 Å². The van der Waals surface area contributed by atoms with E-state index in [2.05, 4.69) is 38.3 Å². The average Bonchev–Trinajstić information content (AvgIpc) is 2.98. The molecule has 15 atom stereocenters. The van der Waals surface area contributed by atoms with Gasteiger partial charge in [-0.2, -0.15) is 0 Å². The van der Waals surface area contributed by atoms with Crippen molar-refractivity contribution in [2.45, 2.75) is 156 Å². The van der Waals surface area contributed by atoms with Gasteiger partial charge in [-0.15, -0.1) is 0 Å². The van der Waals surface area contributed by atoms with Gasteiger partial charge in [-0.3, -0.25) is 14.4 Å². The monoisotopic (exact) mass is 657 g/mol. The summed E-state index contributed by atoms with van der Waals surface area (Å²) in [5.41, 5.74) is 6.37. The van der Waals surface area contributed by atoms with E-state index in [0.717, 1.165) is 6.42 Å². The van der Waals surface area contributed by atoms with E-state index >= 15 is 0 Å². The highest BCUT2D eigenvalue weighted by atomic mass is 16.7. The first-order valence-electron chi connectivity index (χ1n) is 17.0. The van der Waals surface area contributed by atoms with Crippen LogP contribution in [0.2, 0.25) is 0 Å². The quantitative estimate of drug-likeness (QED) is 0.226. The van der Waals surface area contributed by atoms with Gasteiger partial charge in [0.15, 0.2) is 12.6 Å². The number of carbonyl (C=O) groups is 3. The van der Waals surface area contributed by atoms with E-state index in [1.54, 1.807) is 0 Å². The Kier molecular flexibility index (Phi) is 14.2. The van der Waals surface area contributed by atoms with Crippen LogP contribution in [0.5, 0.6) is 0 Å². The van der Waals surface area contributed by atoms with Gasteiger partial charge in [0.2, 0.25) is 11.8 Å². The van der Waals surface area contributed by atoms with Gasteiger partial charge in [0.25, 0.3) is 0 Å². The van der Waals surface area contributed by atoms with Gasteiger partial charge in [0.1, 0.15) is 31.1 Å². The molecule has 13 nitrogen and oxygen atoms in total. The van der Waals surface area contributed by atoms with Crippen LogP contribution in [-0.4, -0.2) is 97.0 Å². The third-order valence-corrected chi connectivity index (χ3v) is 9.91. The molecule has 3 aliphatic heterocycles. The van der Waals surface area contributed by atoms with Crippen molar-refractivity contribution < 1.29 is 47.9 Å². The number of amides is 2. The second kappa shape index (κ2) is 17.0. The molecule has 3 aliphatic rings. The van der Waals surface area contributed by atoms with Crippen LogP contribution in [-0.2, 0) is 42.8 Å². The normalized spacial score (nSPS) is 41.5. The summed E-state index contributed by atoms with van der Waals surface area (Å²) < 4.78 is 37.5. The molecule has 3 rings (SSSR count). The summed E-state index contributed by atoms with van der Waals surface area (Å²) in [5, 5.41) is 17.1. The lowest BCUT2D eigenvalue weighted by molar-refractivity contribution is -0.335. The average molecular weight is 658 g/mol. The van der Waals surface area contributed by atoms with Crippen LogP contribution >= 0.6 is 0 Å². The Balaban J connectivity index is 1.85. The molecule has 0 spiro atoms. The fourth-order valence-electron chi connectivity index (χ4n) is 6.83. The summed E-state index contributed by atoms with van der Waals surface area (Å²) >= 11 is 0. The summed E-state index contributed by atoms with van der Waals surface area (Å²) in [6, 6.07) is -1.74. The highest BCUT2D eigenvalue weighted by molar-refractivity contribution is 5.76. The molecule has 46 heavy (non-hydrogen) atoms. The minimum absolute atomic E-state index is 0.0726. The SMILES string of the molecule is CCC1O[C@@H](O[C@@H]2C(CC)O[C@@H](O[C@@H]3C(COC(C)=O)O[C@@H](NC(=O)CC(C)C)C(N)[C@H]3O)C(NC(C)=O)[C@H]2C)C(C)[C@@H](C)[C@@H]1C. The zero-order valence-electron chi connectivity index (χ0n) is 29.3. The van der Waals surface area contributed by atoms with E-state index in [1.165, 1.54) is 13.8 Å². The Hall–Kier alpha value is -1.87. The van der Waals surface area contributed by atoms with E-state index in [4.69, 9.17) is 34.2 Å². The third-order valence-electron chi connectivity index (χ3n) is 9.91. The number of aliphatic hydroxyl groups is 1. The van der Waals surface area contributed by atoms with Crippen molar-refractivity contribution in [3.05, 3.63) is 0 Å². The second-order valence-electron chi connectivity index (χ2n) is 13.9. The van der Waals surface area contributed by atoms with Gasteiger partial charge in [0, 0.05) is 32.1 Å². The van der Waals surface area contributed by atoms with Gasteiger partial charge in [-0.1, -0.05) is 55.4 Å². The van der Waals surface area contributed by atoms with Crippen molar-refractivity contribution in [1.29, 1.82) is 0 Å². The highest BCUT2D eigenvalue weighted by Gasteiger charge is 2.52. The molecular weight excluding hydrogens is 598 g/mol. The van der Waals surface area contributed by atoms with E-state index < -0.39 is 67.4 Å². The number of rotatable bonds is 12. The zero-order chi connectivity index (χ0) is 34.5. The molecule has 6 unspecified atom stereocenters.